The highest BCUT2D eigenvalue weighted by Crippen LogP contribution is 2.33. The van der Waals surface area contributed by atoms with E-state index in [1.54, 1.807) is 0 Å². The predicted octanol–water partition coefficient (Wildman–Crippen LogP) is 3.19. The second-order valence-electron chi connectivity index (χ2n) is 3.45. The first-order valence-corrected chi connectivity index (χ1v) is 6.85. The monoisotopic (exact) mass is 481 g/mol. The summed E-state index contributed by atoms with van der Waals surface area (Å²) in [7, 11) is 0. The van der Waals surface area contributed by atoms with Crippen molar-refractivity contribution in [2.75, 3.05) is 6.61 Å². The summed E-state index contributed by atoms with van der Waals surface area (Å²) in [4.78, 5) is 11.1. The minimum absolute atomic E-state index is 0. The van der Waals surface area contributed by atoms with Crippen LogP contribution in [0.5, 0.6) is 5.75 Å². The molecule has 0 spiro atoms. The first kappa shape index (κ1) is 15.1. The molecule has 94 valence electrons. The van der Waals surface area contributed by atoms with Gasteiger partial charge in [0.2, 0.25) is 0 Å². The number of hydrogen-bond acceptors (Lipinski definition) is 3. The summed E-state index contributed by atoms with van der Waals surface area (Å²) in [6.45, 7) is 0.387. The van der Waals surface area contributed by atoms with Gasteiger partial charge in [0.05, 0.1) is 16.2 Å². The lowest BCUT2D eigenvalue weighted by molar-refractivity contribution is 0.115. The van der Waals surface area contributed by atoms with Crippen molar-refractivity contribution in [3.8, 4) is 5.75 Å². The summed E-state index contributed by atoms with van der Waals surface area (Å²) in [5, 5.41) is 12.7. The molecule has 1 aliphatic heterocycles. The van der Waals surface area contributed by atoms with Crippen LogP contribution in [0.1, 0.15) is 18.0 Å². The van der Waals surface area contributed by atoms with E-state index >= 15 is 0 Å². The van der Waals surface area contributed by atoms with Crippen molar-refractivity contribution in [2.24, 2.45) is 0 Å². The van der Waals surface area contributed by atoms with Gasteiger partial charge in [-0.1, -0.05) is 0 Å². The molecule has 1 aromatic carbocycles. The van der Waals surface area contributed by atoms with Gasteiger partial charge in [-0.05, 0) is 57.3 Å². The number of carbonyl (C=O) groups excluding carboxylic acids is 1. The van der Waals surface area contributed by atoms with Gasteiger partial charge in [0, 0.05) is 15.6 Å². The van der Waals surface area contributed by atoms with Gasteiger partial charge in [-0.2, -0.15) is 0 Å². The fourth-order valence-corrected chi connectivity index (χ4v) is 3.50. The fraction of sp³-hybridized carbons (Fsp3) is 0.300. The lowest BCUT2D eigenvalue weighted by Crippen LogP contribution is -2.35. The second-order valence-corrected chi connectivity index (χ2v) is 5.85. The molecule has 1 aliphatic rings. The van der Waals surface area contributed by atoms with Crippen molar-refractivity contribution in [1.29, 1.82) is 0 Å². The van der Waals surface area contributed by atoms with Gasteiger partial charge in [0.25, 0.3) is 0 Å². The molecule has 2 rings (SSSR count). The van der Waals surface area contributed by atoms with Gasteiger partial charge in [-0.3, -0.25) is 0 Å². The number of phenolic OH excluding ortho intramolecular Hbond substituents is 1. The van der Waals surface area contributed by atoms with Crippen molar-refractivity contribution >= 4 is 63.7 Å². The van der Waals surface area contributed by atoms with Gasteiger partial charge in [-0.25, -0.2) is 4.79 Å². The average Bonchev–Trinajstić information content (AvgIpc) is 2.23. The highest BCUT2D eigenvalue weighted by molar-refractivity contribution is 14.1. The summed E-state index contributed by atoms with van der Waals surface area (Å²) in [5.74, 6) is 0.244. The Balaban J connectivity index is 0.00000144. The maximum absolute atomic E-state index is 11.1. The van der Waals surface area contributed by atoms with E-state index in [-0.39, 0.29) is 24.2 Å². The molecule has 1 fully saturated rings. The van der Waals surface area contributed by atoms with E-state index in [1.807, 2.05) is 12.1 Å². The number of aromatic hydroxyl groups is 1. The Hall–Kier alpha value is 0.0400. The maximum Gasteiger partial charge on any atom is 0.407 e. The first-order chi connectivity index (χ1) is 7.58. The SMILES string of the molecule is Cl.O=C1N[C@@H](c2cc(I)cc(I)c2O)CCO1. The molecule has 1 saturated heterocycles. The van der Waals surface area contributed by atoms with E-state index in [0.29, 0.717) is 13.0 Å². The number of phenols is 1. The Morgan fingerprint density at radius 1 is 1.41 bits per heavy atom. The molecule has 1 aromatic rings. The third kappa shape index (κ3) is 3.50. The van der Waals surface area contributed by atoms with Crippen LogP contribution < -0.4 is 5.32 Å². The number of ether oxygens (including phenoxy) is 1. The zero-order valence-corrected chi connectivity index (χ0v) is 13.7. The summed E-state index contributed by atoms with van der Waals surface area (Å²) in [6.07, 6.45) is 0.250. The summed E-state index contributed by atoms with van der Waals surface area (Å²) in [5.41, 5.74) is 0.757. The molecule has 1 atom stereocenters. The van der Waals surface area contributed by atoms with Crippen LogP contribution in [0.2, 0.25) is 0 Å². The van der Waals surface area contributed by atoms with Crippen LogP contribution in [0.25, 0.3) is 0 Å². The van der Waals surface area contributed by atoms with E-state index in [0.717, 1.165) is 12.7 Å². The Bertz CT molecular complexity index is 442. The van der Waals surface area contributed by atoms with Gasteiger partial charge in [-0.15, -0.1) is 12.4 Å². The minimum Gasteiger partial charge on any atom is -0.506 e. The number of hydrogen-bond donors (Lipinski definition) is 2. The van der Waals surface area contributed by atoms with Crippen molar-refractivity contribution in [3.63, 3.8) is 0 Å². The average molecular weight is 481 g/mol. The van der Waals surface area contributed by atoms with Crippen molar-refractivity contribution < 1.29 is 14.6 Å². The molecule has 0 aromatic heterocycles. The number of carbonyl (C=O) groups is 1. The molecule has 0 unspecified atom stereocenters. The van der Waals surface area contributed by atoms with Crippen LogP contribution in [0, 0.1) is 7.14 Å². The summed E-state index contributed by atoms with van der Waals surface area (Å²) >= 11 is 4.27. The molecular weight excluding hydrogens is 471 g/mol. The largest absolute Gasteiger partial charge is 0.506 e. The Morgan fingerprint density at radius 3 is 2.76 bits per heavy atom. The van der Waals surface area contributed by atoms with E-state index in [9.17, 15) is 9.90 Å². The van der Waals surface area contributed by atoms with Crippen LogP contribution in [0.15, 0.2) is 12.1 Å². The van der Waals surface area contributed by atoms with E-state index in [1.165, 1.54) is 0 Å². The smallest absolute Gasteiger partial charge is 0.407 e. The number of nitrogens with one attached hydrogen (secondary N) is 1. The standard InChI is InChI=1S/C10H9I2NO3.ClH/c11-5-3-6(9(14)7(12)4-5)8-1-2-16-10(15)13-8;/h3-4,8,14H,1-2H2,(H,13,15);1H/t8-;/m1./s1. The Kier molecular flexibility index (Phi) is 5.58. The number of halogens is 3. The normalized spacial score (nSPS) is 18.9. The third-order valence-electron chi connectivity index (χ3n) is 2.36. The molecule has 7 heteroatoms. The maximum atomic E-state index is 11.1. The highest BCUT2D eigenvalue weighted by Gasteiger charge is 2.24. The van der Waals surface area contributed by atoms with Crippen LogP contribution in [-0.2, 0) is 4.74 Å². The van der Waals surface area contributed by atoms with Crippen molar-refractivity contribution in [2.45, 2.75) is 12.5 Å². The molecule has 17 heavy (non-hydrogen) atoms. The topological polar surface area (TPSA) is 58.6 Å². The quantitative estimate of drug-likeness (QED) is 0.606. The number of cyclic esters (lactones) is 1. The lowest BCUT2D eigenvalue weighted by Gasteiger charge is -2.24. The predicted molar refractivity (Wildman–Crippen MR) is 82.6 cm³/mol. The molecule has 0 saturated carbocycles. The Morgan fingerprint density at radius 2 is 2.12 bits per heavy atom. The van der Waals surface area contributed by atoms with Crippen molar-refractivity contribution in [1.82, 2.24) is 5.32 Å². The second kappa shape index (κ2) is 6.28. The fourth-order valence-electron chi connectivity index (χ4n) is 1.61. The molecule has 0 bridgehead atoms. The van der Waals surface area contributed by atoms with E-state index in [2.05, 4.69) is 50.5 Å². The van der Waals surface area contributed by atoms with Crippen LogP contribution in [0.4, 0.5) is 4.79 Å². The molecule has 2 N–H and O–H groups in total. The van der Waals surface area contributed by atoms with Gasteiger partial charge in [0.15, 0.2) is 0 Å². The number of alkyl carbamates (subject to hydrolysis) is 1. The number of amides is 1. The minimum atomic E-state index is -0.426. The third-order valence-corrected chi connectivity index (χ3v) is 3.81. The molecule has 0 radical (unpaired) electrons. The van der Waals surface area contributed by atoms with E-state index < -0.39 is 6.09 Å². The molecule has 0 aliphatic carbocycles. The first-order valence-electron chi connectivity index (χ1n) is 4.69. The number of benzene rings is 1. The molecule has 1 amide bonds. The zero-order valence-electron chi connectivity index (χ0n) is 8.57. The summed E-state index contributed by atoms with van der Waals surface area (Å²) in [6, 6.07) is 3.61. The van der Waals surface area contributed by atoms with E-state index in [4.69, 9.17) is 4.74 Å². The van der Waals surface area contributed by atoms with Crippen LogP contribution in [0.3, 0.4) is 0 Å². The van der Waals surface area contributed by atoms with Gasteiger partial charge >= 0.3 is 6.09 Å². The highest BCUT2D eigenvalue weighted by atomic mass is 127. The summed E-state index contributed by atoms with van der Waals surface area (Å²) < 4.78 is 6.62. The molecular formula is C10H10ClI2NO3. The van der Waals surface area contributed by atoms with Gasteiger partial charge < -0.3 is 15.2 Å². The van der Waals surface area contributed by atoms with Gasteiger partial charge in [0.1, 0.15) is 5.75 Å². The van der Waals surface area contributed by atoms with Crippen LogP contribution in [-0.4, -0.2) is 17.8 Å². The molecule has 4 nitrogen and oxygen atoms in total. The zero-order chi connectivity index (χ0) is 11.7. The van der Waals surface area contributed by atoms with Crippen molar-refractivity contribution in [3.05, 3.63) is 24.8 Å². The lowest BCUT2D eigenvalue weighted by atomic mass is 10.0. The Labute approximate surface area is 132 Å². The molecule has 1 heterocycles. The number of rotatable bonds is 1. The van der Waals surface area contributed by atoms with Crippen LogP contribution >= 0.6 is 57.6 Å².